The molecule has 18 heavy (non-hydrogen) atoms. The molecule has 0 heterocycles. The van der Waals surface area contributed by atoms with Crippen LogP contribution in [0.5, 0.6) is 0 Å². The van der Waals surface area contributed by atoms with Gasteiger partial charge in [0.15, 0.2) is 0 Å². The average Bonchev–Trinajstić information content (AvgIpc) is 3.00. The third kappa shape index (κ3) is 6.66. The smallest absolute Gasteiger partial charge is 0 e. The van der Waals surface area contributed by atoms with E-state index in [1.165, 1.54) is 24.8 Å². The van der Waals surface area contributed by atoms with Crippen LogP contribution in [-0.4, -0.2) is 5.78 Å². The van der Waals surface area contributed by atoms with E-state index in [2.05, 4.69) is 31.2 Å². The van der Waals surface area contributed by atoms with Crippen LogP contribution in [-0.2, 0) is 25.9 Å². The minimum Gasteiger partial charge on any atom is -0.718 e. The Morgan fingerprint density at radius 3 is 2.11 bits per heavy atom. The number of rotatable bonds is 4. The number of Topliss-reactive ketones (excluding diaryl/α,β-unsaturated/α-hetero) is 1. The summed E-state index contributed by atoms with van der Waals surface area (Å²) >= 11 is 0. The van der Waals surface area contributed by atoms with Crippen LogP contribution >= 0.6 is 0 Å². The quantitative estimate of drug-likeness (QED) is 0.463. The number of carbonyl (C=O) groups is 1. The molecule has 0 aliphatic heterocycles. The van der Waals surface area contributed by atoms with Crippen molar-refractivity contribution < 1.29 is 24.3 Å². The Morgan fingerprint density at radius 1 is 1.17 bits per heavy atom. The van der Waals surface area contributed by atoms with Gasteiger partial charge in [-0.15, -0.1) is 6.92 Å². The van der Waals surface area contributed by atoms with Crippen LogP contribution in [0.4, 0.5) is 0 Å². The van der Waals surface area contributed by atoms with Gasteiger partial charge in [0.05, 0.1) is 0 Å². The van der Waals surface area contributed by atoms with Crippen molar-refractivity contribution in [1.29, 1.82) is 0 Å². The van der Waals surface area contributed by atoms with E-state index in [1.807, 2.05) is 24.3 Å². The first kappa shape index (κ1) is 17.0. The molecule has 2 aromatic carbocycles. The molecule has 0 spiro atoms. The van der Waals surface area contributed by atoms with Crippen LogP contribution in [0.3, 0.4) is 0 Å². The van der Waals surface area contributed by atoms with Crippen molar-refractivity contribution in [2.75, 3.05) is 0 Å². The Morgan fingerprint density at radius 2 is 1.72 bits per heavy atom. The van der Waals surface area contributed by atoms with Crippen LogP contribution in [0.15, 0.2) is 48.5 Å². The minimum atomic E-state index is 0. The standard InChI is InChI=1S/C9H13.C7H7O.Ru/c1-2-3-6-9-7-4-5-8-9;1-6(8)7-4-2-3-5-7;/h4-5,7-8H,2-3,6H2,1H3;2-5H,1H3;/q-1;-5;. The fourth-order valence-corrected chi connectivity index (χ4v) is 1.57. The third-order valence-electron chi connectivity index (χ3n) is 2.62. The molecule has 2 heteroatoms. The Hall–Kier alpha value is -1.01. The number of carbonyl (C=O) groups excluding carboxylic acids is 1. The van der Waals surface area contributed by atoms with E-state index >= 15 is 0 Å². The molecule has 1 nitrogen and oxygen atoms in total. The summed E-state index contributed by atoms with van der Waals surface area (Å²) in [5.74, 6) is 0.134. The molecule has 0 radical (unpaired) electrons. The number of unbranched alkanes of at least 4 members (excludes halogenated alkanes) is 1. The number of aryl methyl sites for hydroxylation is 1. The molecular formula is C16H20ORu-6. The second-order valence-electron chi connectivity index (χ2n) is 4.13. The van der Waals surface area contributed by atoms with E-state index < -0.39 is 0 Å². The molecule has 0 fully saturated rings. The van der Waals surface area contributed by atoms with E-state index in [9.17, 15) is 4.79 Å². The molecule has 0 amide bonds. The maximum Gasteiger partial charge on any atom is 0 e. The van der Waals surface area contributed by atoms with Crippen molar-refractivity contribution in [1.82, 2.24) is 0 Å². The van der Waals surface area contributed by atoms with Gasteiger partial charge in [0, 0.05) is 19.5 Å². The van der Waals surface area contributed by atoms with Gasteiger partial charge in [0.25, 0.3) is 0 Å². The summed E-state index contributed by atoms with van der Waals surface area (Å²) in [4.78, 5) is 10.5. The fraction of sp³-hybridized carbons (Fsp3) is 0.312. The molecule has 0 aliphatic rings. The molecular weight excluding hydrogens is 309 g/mol. The summed E-state index contributed by atoms with van der Waals surface area (Å²) < 4.78 is 0. The van der Waals surface area contributed by atoms with Gasteiger partial charge < -0.3 is 34.6 Å². The number of hydrogen-bond acceptors (Lipinski definition) is 1. The molecule has 0 bridgehead atoms. The molecule has 0 saturated heterocycles. The molecule has 0 atom stereocenters. The van der Waals surface area contributed by atoms with E-state index in [0.29, 0.717) is 0 Å². The fourth-order valence-electron chi connectivity index (χ4n) is 1.57. The van der Waals surface area contributed by atoms with Gasteiger partial charge in [-0.25, -0.2) is 12.1 Å². The monoisotopic (exact) mass is 330 g/mol. The van der Waals surface area contributed by atoms with Gasteiger partial charge in [0.2, 0.25) is 0 Å². The molecule has 0 unspecified atom stereocenters. The molecule has 0 aliphatic carbocycles. The summed E-state index contributed by atoms with van der Waals surface area (Å²) in [5.41, 5.74) is 2.28. The zero-order valence-electron chi connectivity index (χ0n) is 11.0. The van der Waals surface area contributed by atoms with Crippen molar-refractivity contribution in [2.45, 2.75) is 33.1 Å². The number of ketones is 1. The first-order valence-corrected chi connectivity index (χ1v) is 6.17. The predicted molar refractivity (Wildman–Crippen MR) is 72.7 cm³/mol. The zero-order chi connectivity index (χ0) is 12.5. The molecule has 2 rings (SSSR count). The van der Waals surface area contributed by atoms with Crippen molar-refractivity contribution in [3.63, 3.8) is 0 Å². The van der Waals surface area contributed by atoms with Crippen LogP contribution in [0, 0.1) is 0 Å². The van der Waals surface area contributed by atoms with E-state index in [4.69, 9.17) is 0 Å². The molecule has 0 saturated carbocycles. The number of hydrogen-bond donors (Lipinski definition) is 0. The first-order chi connectivity index (χ1) is 8.24. The predicted octanol–water partition coefficient (Wildman–Crippen LogP) is 4.35. The third-order valence-corrected chi connectivity index (χ3v) is 2.62. The van der Waals surface area contributed by atoms with E-state index in [-0.39, 0.29) is 25.3 Å². The minimum absolute atomic E-state index is 0. The first-order valence-electron chi connectivity index (χ1n) is 6.17. The Balaban J connectivity index is 0.000000306. The van der Waals surface area contributed by atoms with E-state index in [1.54, 1.807) is 6.92 Å². The zero-order valence-corrected chi connectivity index (χ0v) is 12.7. The Labute approximate surface area is 123 Å². The van der Waals surface area contributed by atoms with Crippen molar-refractivity contribution in [3.8, 4) is 0 Å². The van der Waals surface area contributed by atoms with Gasteiger partial charge in [-0.05, 0) is 0 Å². The summed E-state index contributed by atoms with van der Waals surface area (Å²) in [5, 5.41) is 0. The maximum atomic E-state index is 10.5. The second kappa shape index (κ2) is 9.97. The maximum absolute atomic E-state index is 10.5. The topological polar surface area (TPSA) is 17.1 Å². The summed E-state index contributed by atoms with van der Waals surface area (Å²) in [6, 6.07) is 15.9. The van der Waals surface area contributed by atoms with Gasteiger partial charge in [-0.3, -0.25) is 5.78 Å². The summed E-state index contributed by atoms with van der Waals surface area (Å²) in [6.07, 6.45) is 3.87. The van der Waals surface area contributed by atoms with Gasteiger partial charge in [-0.2, -0.15) is 17.7 Å². The van der Waals surface area contributed by atoms with E-state index in [0.717, 1.165) is 5.56 Å². The summed E-state index contributed by atoms with van der Waals surface area (Å²) in [7, 11) is 0. The second-order valence-corrected chi connectivity index (χ2v) is 4.13. The van der Waals surface area contributed by atoms with Crippen LogP contribution in [0.25, 0.3) is 0 Å². The summed E-state index contributed by atoms with van der Waals surface area (Å²) in [6.45, 7) is 3.79. The van der Waals surface area contributed by atoms with Crippen molar-refractivity contribution in [2.24, 2.45) is 0 Å². The van der Waals surface area contributed by atoms with Gasteiger partial charge in [0.1, 0.15) is 0 Å². The average molecular weight is 329 g/mol. The van der Waals surface area contributed by atoms with Crippen molar-refractivity contribution in [3.05, 3.63) is 59.7 Å². The van der Waals surface area contributed by atoms with Gasteiger partial charge >= 0.3 is 0 Å². The molecule has 0 N–H and O–H groups in total. The van der Waals surface area contributed by atoms with Crippen LogP contribution in [0.2, 0.25) is 0 Å². The molecule has 2 aromatic rings. The SMILES string of the molecule is CC(=O)[c-]1[cH-][cH-][cH-][cH-]1.CCCC[c-]1cccc1.[Ru]. The van der Waals surface area contributed by atoms with Gasteiger partial charge in [-0.1, -0.05) is 26.2 Å². The molecule has 104 valence electrons. The molecule has 0 aromatic heterocycles. The Bertz CT molecular complexity index is 398. The van der Waals surface area contributed by atoms with Crippen LogP contribution < -0.4 is 0 Å². The normalized spacial score (nSPS) is 9.00. The Kier molecular flexibility index (Phi) is 9.41. The largest absolute Gasteiger partial charge is 0.718 e. The van der Waals surface area contributed by atoms with Crippen molar-refractivity contribution >= 4 is 5.78 Å². The van der Waals surface area contributed by atoms with Crippen LogP contribution in [0.1, 0.15) is 42.6 Å².